The van der Waals surface area contributed by atoms with Crippen molar-refractivity contribution in [3.8, 4) is 0 Å². The van der Waals surface area contributed by atoms with Crippen molar-refractivity contribution in [1.82, 2.24) is 15.2 Å². The quantitative estimate of drug-likeness (QED) is 0.614. The van der Waals surface area contributed by atoms with Crippen LogP contribution in [0, 0.1) is 6.92 Å². The van der Waals surface area contributed by atoms with Crippen LogP contribution in [0.1, 0.15) is 25.2 Å². The lowest BCUT2D eigenvalue weighted by Gasteiger charge is -2.18. The minimum absolute atomic E-state index is 0.0866. The third-order valence-corrected chi connectivity index (χ3v) is 3.60. The van der Waals surface area contributed by atoms with Crippen molar-refractivity contribution in [2.24, 2.45) is 12.9 Å². The van der Waals surface area contributed by atoms with Crippen molar-refractivity contribution in [2.45, 2.75) is 39.3 Å². The number of aromatic nitrogens is 2. The van der Waals surface area contributed by atoms with E-state index in [9.17, 15) is 0 Å². The number of halogens is 1. The van der Waals surface area contributed by atoms with E-state index in [1.807, 2.05) is 32.5 Å². The summed E-state index contributed by atoms with van der Waals surface area (Å²) >= 11 is 3.55. The molecule has 0 aliphatic heterocycles. The monoisotopic (exact) mass is 304 g/mol. The first-order valence-electron chi connectivity index (χ1n) is 5.71. The maximum absolute atomic E-state index is 5.57. The van der Waals surface area contributed by atoms with Gasteiger partial charge in [-0.05, 0) is 36.7 Å². The SMILES string of the molecule is Cc1nn(C)c(CC(COC(C)C)NN)c1Br. The molecular weight excluding hydrogens is 284 g/mol. The number of hydrogen-bond acceptors (Lipinski definition) is 4. The van der Waals surface area contributed by atoms with E-state index in [0.29, 0.717) is 6.61 Å². The van der Waals surface area contributed by atoms with E-state index < -0.39 is 0 Å². The van der Waals surface area contributed by atoms with Crippen LogP contribution in [-0.4, -0.2) is 28.5 Å². The lowest BCUT2D eigenvalue weighted by molar-refractivity contribution is 0.0609. The molecule has 6 heteroatoms. The number of nitrogens with zero attached hydrogens (tertiary/aromatic N) is 2. The van der Waals surface area contributed by atoms with Gasteiger partial charge in [0.1, 0.15) is 0 Å². The lowest BCUT2D eigenvalue weighted by Crippen LogP contribution is -2.41. The second-order valence-corrected chi connectivity index (χ2v) is 5.21. The molecule has 1 atom stereocenters. The summed E-state index contributed by atoms with van der Waals surface area (Å²) in [6.07, 6.45) is 0.990. The van der Waals surface area contributed by atoms with Gasteiger partial charge in [0.2, 0.25) is 0 Å². The van der Waals surface area contributed by atoms with Gasteiger partial charge < -0.3 is 4.74 Å². The summed E-state index contributed by atoms with van der Waals surface area (Å²) < 4.78 is 8.49. The van der Waals surface area contributed by atoms with Crippen LogP contribution < -0.4 is 11.3 Å². The molecule has 0 fully saturated rings. The van der Waals surface area contributed by atoms with Gasteiger partial charge >= 0.3 is 0 Å². The topological polar surface area (TPSA) is 65.1 Å². The molecule has 0 aliphatic rings. The van der Waals surface area contributed by atoms with Crippen molar-refractivity contribution in [3.63, 3.8) is 0 Å². The molecule has 3 N–H and O–H groups in total. The van der Waals surface area contributed by atoms with Gasteiger partial charge in [0.15, 0.2) is 0 Å². The van der Waals surface area contributed by atoms with Crippen molar-refractivity contribution < 1.29 is 4.74 Å². The van der Waals surface area contributed by atoms with Crippen molar-refractivity contribution in [1.29, 1.82) is 0 Å². The number of rotatable bonds is 6. The molecule has 1 aromatic rings. The molecule has 0 saturated carbocycles. The molecule has 0 bridgehead atoms. The Labute approximate surface area is 111 Å². The first-order valence-corrected chi connectivity index (χ1v) is 6.50. The maximum atomic E-state index is 5.57. The van der Waals surface area contributed by atoms with Crippen LogP contribution in [0.3, 0.4) is 0 Å². The zero-order valence-electron chi connectivity index (χ0n) is 10.8. The molecule has 0 aliphatic carbocycles. The number of ether oxygens (including phenoxy) is 1. The number of aryl methyl sites for hydroxylation is 2. The molecule has 0 amide bonds. The molecule has 5 nitrogen and oxygen atoms in total. The molecule has 1 unspecified atom stereocenters. The molecule has 0 radical (unpaired) electrons. The van der Waals surface area contributed by atoms with Crippen molar-refractivity contribution in [2.75, 3.05) is 6.61 Å². The van der Waals surface area contributed by atoms with Gasteiger partial charge in [-0.2, -0.15) is 5.10 Å². The first kappa shape index (κ1) is 14.6. The average Bonchev–Trinajstić information content (AvgIpc) is 2.49. The predicted molar refractivity (Wildman–Crippen MR) is 71.5 cm³/mol. The molecule has 1 heterocycles. The van der Waals surface area contributed by atoms with Crippen molar-refractivity contribution in [3.05, 3.63) is 15.9 Å². The minimum atomic E-state index is 0.0866. The van der Waals surface area contributed by atoms with E-state index in [-0.39, 0.29) is 12.1 Å². The summed E-state index contributed by atoms with van der Waals surface area (Å²) in [7, 11) is 1.93. The van der Waals surface area contributed by atoms with E-state index in [4.69, 9.17) is 10.6 Å². The number of nitrogens with two attached hydrogens (primary N) is 1. The van der Waals surface area contributed by atoms with Gasteiger partial charge in [0, 0.05) is 19.5 Å². The number of nitrogens with one attached hydrogen (secondary N) is 1. The van der Waals surface area contributed by atoms with E-state index in [0.717, 1.165) is 22.3 Å². The summed E-state index contributed by atoms with van der Waals surface area (Å²) in [6, 6.07) is 0.0866. The van der Waals surface area contributed by atoms with Crippen LogP contribution in [0.4, 0.5) is 0 Å². The fraction of sp³-hybridized carbons (Fsp3) is 0.727. The van der Waals surface area contributed by atoms with E-state index in [1.54, 1.807) is 0 Å². The van der Waals surface area contributed by atoms with E-state index in [2.05, 4.69) is 26.5 Å². The molecule has 98 valence electrons. The van der Waals surface area contributed by atoms with Gasteiger partial charge in [-0.15, -0.1) is 0 Å². The lowest BCUT2D eigenvalue weighted by atomic mass is 10.1. The average molecular weight is 305 g/mol. The van der Waals surface area contributed by atoms with Crippen LogP contribution in [0.15, 0.2) is 4.47 Å². The largest absolute Gasteiger partial charge is 0.377 e. The third kappa shape index (κ3) is 4.06. The van der Waals surface area contributed by atoms with E-state index in [1.165, 1.54) is 0 Å². The Morgan fingerprint density at radius 2 is 2.18 bits per heavy atom. The molecule has 17 heavy (non-hydrogen) atoms. The Kier molecular flexibility index (Phi) is 5.58. The summed E-state index contributed by atoms with van der Waals surface area (Å²) in [6.45, 7) is 6.59. The highest BCUT2D eigenvalue weighted by molar-refractivity contribution is 9.10. The zero-order chi connectivity index (χ0) is 13.0. The fourth-order valence-corrected chi connectivity index (χ4v) is 2.11. The normalized spacial score (nSPS) is 13.4. The Bertz CT molecular complexity index is 365. The summed E-state index contributed by atoms with van der Waals surface area (Å²) in [5.74, 6) is 5.54. The van der Waals surface area contributed by atoms with Crippen molar-refractivity contribution >= 4 is 15.9 Å². The Morgan fingerprint density at radius 3 is 2.59 bits per heavy atom. The van der Waals surface area contributed by atoms with Crippen LogP contribution in [-0.2, 0) is 18.2 Å². The summed E-state index contributed by atoms with van der Waals surface area (Å²) in [5.41, 5.74) is 4.89. The number of hydrogen-bond donors (Lipinski definition) is 2. The third-order valence-electron chi connectivity index (χ3n) is 2.57. The maximum Gasteiger partial charge on any atom is 0.0738 e. The highest BCUT2D eigenvalue weighted by Gasteiger charge is 2.16. The van der Waals surface area contributed by atoms with Gasteiger partial charge in [-0.25, -0.2) is 0 Å². The van der Waals surface area contributed by atoms with Gasteiger partial charge in [0.25, 0.3) is 0 Å². The van der Waals surface area contributed by atoms with Gasteiger partial charge in [0.05, 0.1) is 28.6 Å². The molecule has 1 rings (SSSR count). The fourth-order valence-electron chi connectivity index (χ4n) is 1.61. The standard InChI is InChI=1S/C11H21BrN4O/c1-7(2)17-6-9(14-13)5-10-11(12)8(3)15-16(10)4/h7,9,14H,5-6,13H2,1-4H3. The second-order valence-electron chi connectivity index (χ2n) is 4.42. The van der Waals surface area contributed by atoms with Gasteiger partial charge in [-0.1, -0.05) is 0 Å². The van der Waals surface area contributed by atoms with E-state index >= 15 is 0 Å². The Hall–Kier alpha value is -0.430. The molecular formula is C11H21BrN4O. The summed E-state index contributed by atoms with van der Waals surface area (Å²) in [4.78, 5) is 0. The minimum Gasteiger partial charge on any atom is -0.377 e. The Morgan fingerprint density at radius 1 is 1.53 bits per heavy atom. The van der Waals surface area contributed by atoms with Crippen LogP contribution in [0.5, 0.6) is 0 Å². The summed E-state index contributed by atoms with van der Waals surface area (Å²) in [5, 5.41) is 4.35. The molecule has 1 aromatic heterocycles. The molecule has 0 aromatic carbocycles. The second kappa shape index (κ2) is 6.49. The van der Waals surface area contributed by atoms with Crippen LogP contribution >= 0.6 is 15.9 Å². The van der Waals surface area contributed by atoms with Gasteiger partial charge in [-0.3, -0.25) is 16.0 Å². The first-order chi connectivity index (χ1) is 7.95. The molecule has 0 spiro atoms. The Balaban J connectivity index is 2.67. The zero-order valence-corrected chi connectivity index (χ0v) is 12.4. The predicted octanol–water partition coefficient (Wildman–Crippen LogP) is 1.29. The van der Waals surface area contributed by atoms with Crippen LogP contribution in [0.25, 0.3) is 0 Å². The highest BCUT2D eigenvalue weighted by atomic mass is 79.9. The smallest absolute Gasteiger partial charge is 0.0738 e. The number of hydrazine groups is 1. The van der Waals surface area contributed by atoms with Crippen LogP contribution in [0.2, 0.25) is 0 Å². The molecule has 0 saturated heterocycles. The highest BCUT2D eigenvalue weighted by Crippen LogP contribution is 2.21.